The van der Waals surface area contributed by atoms with E-state index in [0.717, 1.165) is 6.54 Å². The highest BCUT2D eigenvalue weighted by atomic mass is 16.5. The summed E-state index contributed by atoms with van der Waals surface area (Å²) in [6.07, 6.45) is 2.73. The van der Waals surface area contributed by atoms with Crippen molar-refractivity contribution in [3.63, 3.8) is 0 Å². The number of benzene rings is 1. The van der Waals surface area contributed by atoms with Crippen molar-refractivity contribution in [3.05, 3.63) is 35.9 Å². The number of likely N-dealkylation sites (tertiary alicyclic amines) is 1. The van der Waals surface area contributed by atoms with Crippen LogP contribution in [0.1, 0.15) is 32.3 Å². The average Bonchev–Trinajstić information content (AvgIpc) is 2.49. The zero-order chi connectivity index (χ0) is 14.4. The van der Waals surface area contributed by atoms with Crippen LogP contribution in [-0.4, -0.2) is 43.3 Å². The van der Waals surface area contributed by atoms with E-state index in [1.54, 1.807) is 7.11 Å². The molecule has 3 heteroatoms. The molecule has 2 unspecified atom stereocenters. The summed E-state index contributed by atoms with van der Waals surface area (Å²) in [5, 5.41) is 3.70. The molecule has 1 heterocycles. The summed E-state index contributed by atoms with van der Waals surface area (Å²) in [5.74, 6) is 0. The van der Waals surface area contributed by atoms with Crippen molar-refractivity contribution in [2.24, 2.45) is 0 Å². The van der Waals surface area contributed by atoms with Crippen molar-refractivity contribution < 1.29 is 4.74 Å². The number of ether oxygens (including phenoxy) is 1. The van der Waals surface area contributed by atoms with E-state index in [2.05, 4.69) is 54.4 Å². The highest BCUT2D eigenvalue weighted by Crippen LogP contribution is 2.15. The van der Waals surface area contributed by atoms with Crippen LogP contribution in [0.15, 0.2) is 30.3 Å². The average molecular weight is 276 g/mol. The second-order valence-corrected chi connectivity index (χ2v) is 5.93. The van der Waals surface area contributed by atoms with E-state index >= 15 is 0 Å². The van der Waals surface area contributed by atoms with Gasteiger partial charge in [-0.3, -0.25) is 4.90 Å². The topological polar surface area (TPSA) is 24.5 Å². The molecule has 0 aliphatic carbocycles. The van der Waals surface area contributed by atoms with E-state index in [-0.39, 0.29) is 6.10 Å². The fraction of sp³-hybridized carbons (Fsp3) is 0.647. The smallest absolute Gasteiger partial charge is 0.0693 e. The molecule has 0 aromatic heterocycles. The molecule has 1 N–H and O–H groups in total. The van der Waals surface area contributed by atoms with E-state index in [0.29, 0.717) is 12.1 Å². The van der Waals surface area contributed by atoms with Gasteiger partial charge in [-0.1, -0.05) is 30.3 Å². The van der Waals surface area contributed by atoms with Gasteiger partial charge in [-0.05, 0) is 45.3 Å². The second kappa shape index (κ2) is 7.77. The summed E-state index contributed by atoms with van der Waals surface area (Å²) in [4.78, 5) is 2.55. The lowest BCUT2D eigenvalue weighted by Crippen LogP contribution is -2.48. The third kappa shape index (κ3) is 4.58. The van der Waals surface area contributed by atoms with Crippen molar-refractivity contribution in [2.75, 3.05) is 20.2 Å². The largest absolute Gasteiger partial charge is 0.380 e. The van der Waals surface area contributed by atoms with Crippen LogP contribution >= 0.6 is 0 Å². The third-order valence-electron chi connectivity index (χ3n) is 4.41. The van der Waals surface area contributed by atoms with Crippen LogP contribution in [0, 0.1) is 0 Å². The first kappa shape index (κ1) is 15.5. The maximum absolute atomic E-state index is 5.38. The summed E-state index contributed by atoms with van der Waals surface area (Å²) in [6, 6.07) is 11.8. The maximum atomic E-state index is 5.38. The predicted molar refractivity (Wildman–Crippen MR) is 83.8 cm³/mol. The summed E-state index contributed by atoms with van der Waals surface area (Å²) < 4.78 is 5.38. The van der Waals surface area contributed by atoms with Crippen molar-refractivity contribution in [2.45, 2.75) is 51.4 Å². The Morgan fingerprint density at radius 2 is 1.85 bits per heavy atom. The van der Waals surface area contributed by atoms with E-state index in [4.69, 9.17) is 4.74 Å². The standard InChI is InChI=1S/C17H28N2O/c1-14(15(2)20-3)18-17-9-11-19(12-10-17)13-16-7-5-4-6-8-16/h4-8,14-15,17-18H,9-13H2,1-3H3. The van der Waals surface area contributed by atoms with Crippen LogP contribution in [0.25, 0.3) is 0 Å². The molecule has 1 saturated heterocycles. The Balaban J connectivity index is 1.72. The second-order valence-electron chi connectivity index (χ2n) is 5.93. The fourth-order valence-corrected chi connectivity index (χ4v) is 2.81. The highest BCUT2D eigenvalue weighted by molar-refractivity contribution is 5.14. The van der Waals surface area contributed by atoms with E-state index < -0.39 is 0 Å². The molecule has 1 aliphatic rings. The van der Waals surface area contributed by atoms with Gasteiger partial charge in [-0.2, -0.15) is 0 Å². The number of nitrogens with one attached hydrogen (secondary N) is 1. The number of nitrogens with zero attached hydrogens (tertiary/aromatic N) is 1. The van der Waals surface area contributed by atoms with Crippen molar-refractivity contribution >= 4 is 0 Å². The molecule has 0 spiro atoms. The Hall–Kier alpha value is -0.900. The van der Waals surface area contributed by atoms with E-state index in [1.165, 1.54) is 31.5 Å². The summed E-state index contributed by atoms with van der Waals surface area (Å²) in [7, 11) is 1.78. The first-order valence-corrected chi connectivity index (χ1v) is 7.74. The van der Waals surface area contributed by atoms with Gasteiger partial charge in [-0.25, -0.2) is 0 Å². The fourth-order valence-electron chi connectivity index (χ4n) is 2.81. The zero-order valence-corrected chi connectivity index (χ0v) is 13.0. The van der Waals surface area contributed by atoms with Crippen molar-refractivity contribution in [3.8, 4) is 0 Å². The summed E-state index contributed by atoms with van der Waals surface area (Å²) in [6.45, 7) is 7.78. The Morgan fingerprint density at radius 3 is 2.45 bits per heavy atom. The van der Waals surface area contributed by atoms with E-state index in [1.807, 2.05) is 0 Å². The van der Waals surface area contributed by atoms with Gasteiger partial charge in [0.2, 0.25) is 0 Å². The molecule has 1 aromatic carbocycles. The number of piperidine rings is 1. The van der Waals surface area contributed by atoms with Gasteiger partial charge in [-0.15, -0.1) is 0 Å². The number of hydrogen-bond acceptors (Lipinski definition) is 3. The molecule has 3 nitrogen and oxygen atoms in total. The minimum atomic E-state index is 0.275. The molecule has 0 amide bonds. The van der Waals surface area contributed by atoms with E-state index in [9.17, 15) is 0 Å². The lowest BCUT2D eigenvalue weighted by molar-refractivity contribution is 0.0778. The Morgan fingerprint density at radius 1 is 1.20 bits per heavy atom. The lowest BCUT2D eigenvalue weighted by atomic mass is 10.0. The van der Waals surface area contributed by atoms with Crippen LogP contribution < -0.4 is 5.32 Å². The Kier molecular flexibility index (Phi) is 6.02. The van der Waals surface area contributed by atoms with Gasteiger partial charge in [0.25, 0.3) is 0 Å². The Bertz CT molecular complexity index is 374. The van der Waals surface area contributed by atoms with Crippen LogP contribution in [-0.2, 0) is 11.3 Å². The van der Waals surface area contributed by atoms with Crippen LogP contribution in [0.5, 0.6) is 0 Å². The lowest BCUT2D eigenvalue weighted by Gasteiger charge is -2.35. The molecule has 2 rings (SSSR count). The zero-order valence-electron chi connectivity index (χ0n) is 13.0. The van der Waals surface area contributed by atoms with Crippen molar-refractivity contribution in [1.29, 1.82) is 0 Å². The number of hydrogen-bond donors (Lipinski definition) is 1. The SMILES string of the molecule is COC(C)C(C)NC1CCN(Cc2ccccc2)CC1. The first-order valence-electron chi connectivity index (χ1n) is 7.74. The molecule has 1 aliphatic heterocycles. The molecular weight excluding hydrogens is 248 g/mol. The van der Waals surface area contributed by atoms with Gasteiger partial charge in [0.05, 0.1) is 6.10 Å². The molecule has 2 atom stereocenters. The van der Waals surface area contributed by atoms with Gasteiger partial charge in [0, 0.05) is 25.7 Å². The maximum Gasteiger partial charge on any atom is 0.0693 e. The van der Waals surface area contributed by atoms with Crippen LogP contribution in [0.3, 0.4) is 0 Å². The van der Waals surface area contributed by atoms with Crippen LogP contribution in [0.2, 0.25) is 0 Å². The van der Waals surface area contributed by atoms with Gasteiger partial charge >= 0.3 is 0 Å². The minimum absolute atomic E-state index is 0.275. The van der Waals surface area contributed by atoms with Crippen LogP contribution in [0.4, 0.5) is 0 Å². The molecule has 1 fully saturated rings. The third-order valence-corrected chi connectivity index (χ3v) is 4.41. The monoisotopic (exact) mass is 276 g/mol. The normalized spacial score (nSPS) is 20.8. The number of rotatable bonds is 6. The summed E-state index contributed by atoms with van der Waals surface area (Å²) >= 11 is 0. The molecule has 20 heavy (non-hydrogen) atoms. The molecule has 0 saturated carbocycles. The molecule has 0 bridgehead atoms. The molecule has 1 aromatic rings. The van der Waals surface area contributed by atoms with Crippen molar-refractivity contribution in [1.82, 2.24) is 10.2 Å². The number of methoxy groups -OCH3 is 1. The summed E-state index contributed by atoms with van der Waals surface area (Å²) in [5.41, 5.74) is 1.42. The molecule has 112 valence electrons. The predicted octanol–water partition coefficient (Wildman–Crippen LogP) is 2.66. The quantitative estimate of drug-likeness (QED) is 0.864. The van der Waals surface area contributed by atoms with Gasteiger partial charge in [0.15, 0.2) is 0 Å². The molecular formula is C17H28N2O. The van der Waals surface area contributed by atoms with Gasteiger partial charge < -0.3 is 10.1 Å². The highest BCUT2D eigenvalue weighted by Gasteiger charge is 2.22. The minimum Gasteiger partial charge on any atom is -0.380 e. The Labute approximate surface area is 123 Å². The first-order chi connectivity index (χ1) is 9.69. The van der Waals surface area contributed by atoms with Gasteiger partial charge in [0.1, 0.15) is 0 Å². The molecule has 0 radical (unpaired) electrons.